The lowest BCUT2D eigenvalue weighted by molar-refractivity contribution is 0.312. The summed E-state index contributed by atoms with van der Waals surface area (Å²) in [5.41, 5.74) is 1.12. The number of anilines is 1. The molecule has 2 rings (SSSR count). The monoisotopic (exact) mass is 244 g/mol. The summed E-state index contributed by atoms with van der Waals surface area (Å²) in [6.07, 6.45) is 5.44. The first-order valence-electron chi connectivity index (χ1n) is 6.72. The van der Waals surface area contributed by atoms with Crippen LogP contribution in [0, 0.1) is 17.2 Å². The second-order valence-electron chi connectivity index (χ2n) is 4.82. The zero-order valence-electron chi connectivity index (χ0n) is 10.7. The summed E-state index contributed by atoms with van der Waals surface area (Å²) < 4.78 is 5.60. The molecule has 0 radical (unpaired) electrons. The topological polar surface area (TPSA) is 45.0 Å². The molecule has 0 atom stereocenters. The van der Waals surface area contributed by atoms with E-state index in [1.165, 1.54) is 19.3 Å². The largest absolute Gasteiger partial charge is 0.493 e. The number of unbranched alkanes of at least 4 members (excludes halogenated alkanes) is 1. The van der Waals surface area contributed by atoms with Gasteiger partial charge in [-0.25, -0.2) is 0 Å². The van der Waals surface area contributed by atoms with Crippen LogP contribution in [0.1, 0.15) is 32.1 Å². The van der Waals surface area contributed by atoms with Gasteiger partial charge in [-0.05, 0) is 37.3 Å². The van der Waals surface area contributed by atoms with Crippen molar-refractivity contribution in [3.63, 3.8) is 0 Å². The summed E-state index contributed by atoms with van der Waals surface area (Å²) in [6, 6.07) is 10.2. The quantitative estimate of drug-likeness (QED) is 0.746. The lowest BCUT2D eigenvalue weighted by Crippen LogP contribution is -2.20. The maximum atomic E-state index is 8.44. The average molecular weight is 244 g/mol. The molecular formula is C15H20N2O. The molecule has 0 aromatic heterocycles. The van der Waals surface area contributed by atoms with Gasteiger partial charge in [0.1, 0.15) is 5.75 Å². The molecule has 96 valence electrons. The van der Waals surface area contributed by atoms with Crippen LogP contribution in [0.4, 0.5) is 5.69 Å². The van der Waals surface area contributed by atoms with Crippen molar-refractivity contribution in [1.29, 1.82) is 5.26 Å². The molecule has 3 heteroatoms. The van der Waals surface area contributed by atoms with Crippen LogP contribution in [-0.2, 0) is 0 Å². The van der Waals surface area contributed by atoms with Gasteiger partial charge >= 0.3 is 0 Å². The molecule has 1 aromatic carbocycles. The summed E-state index contributed by atoms with van der Waals surface area (Å²) in [6.45, 7) is 1.68. The summed E-state index contributed by atoms with van der Waals surface area (Å²) in [4.78, 5) is 0. The van der Waals surface area contributed by atoms with Gasteiger partial charge in [0.05, 0.1) is 12.7 Å². The van der Waals surface area contributed by atoms with Crippen LogP contribution in [0.5, 0.6) is 5.75 Å². The minimum absolute atomic E-state index is 0.555. The Morgan fingerprint density at radius 3 is 3.00 bits per heavy atom. The second kappa shape index (κ2) is 6.90. The summed E-state index contributed by atoms with van der Waals surface area (Å²) in [5, 5.41) is 11.9. The molecule has 1 fully saturated rings. The summed E-state index contributed by atoms with van der Waals surface area (Å²) >= 11 is 0. The van der Waals surface area contributed by atoms with E-state index < -0.39 is 0 Å². The van der Waals surface area contributed by atoms with Crippen molar-refractivity contribution in [2.45, 2.75) is 32.1 Å². The van der Waals surface area contributed by atoms with Crippen LogP contribution < -0.4 is 10.1 Å². The van der Waals surface area contributed by atoms with E-state index in [-0.39, 0.29) is 0 Å². The third-order valence-corrected chi connectivity index (χ3v) is 3.36. The van der Waals surface area contributed by atoms with E-state index in [2.05, 4.69) is 17.5 Å². The van der Waals surface area contributed by atoms with Crippen molar-refractivity contribution >= 4 is 5.69 Å². The standard InChI is InChI=1S/C15H20N2O/c16-9-1-2-10-18-15-8-4-7-14(11-15)17-12-13-5-3-6-13/h4,7-8,11,13,17H,1-3,5-6,10,12H2. The molecule has 0 heterocycles. The third kappa shape index (κ3) is 3.96. The van der Waals surface area contributed by atoms with Gasteiger partial charge in [-0.2, -0.15) is 5.26 Å². The van der Waals surface area contributed by atoms with Gasteiger partial charge in [0.15, 0.2) is 0 Å². The average Bonchev–Trinajstić information content (AvgIpc) is 2.33. The van der Waals surface area contributed by atoms with E-state index in [4.69, 9.17) is 10.00 Å². The Labute approximate surface area is 109 Å². The van der Waals surface area contributed by atoms with Crippen LogP contribution >= 0.6 is 0 Å². The molecule has 18 heavy (non-hydrogen) atoms. The van der Waals surface area contributed by atoms with Crippen molar-refractivity contribution in [1.82, 2.24) is 0 Å². The first kappa shape index (κ1) is 12.8. The van der Waals surface area contributed by atoms with Gasteiger partial charge in [0, 0.05) is 24.7 Å². The zero-order chi connectivity index (χ0) is 12.6. The van der Waals surface area contributed by atoms with Crippen LogP contribution in [0.25, 0.3) is 0 Å². The smallest absolute Gasteiger partial charge is 0.121 e. The molecule has 1 N–H and O–H groups in total. The highest BCUT2D eigenvalue weighted by Crippen LogP contribution is 2.27. The Hall–Kier alpha value is -1.69. The van der Waals surface area contributed by atoms with Crippen molar-refractivity contribution < 1.29 is 4.74 Å². The van der Waals surface area contributed by atoms with Crippen molar-refractivity contribution in [3.8, 4) is 11.8 Å². The Morgan fingerprint density at radius 2 is 2.28 bits per heavy atom. The van der Waals surface area contributed by atoms with E-state index in [0.717, 1.165) is 30.3 Å². The number of nitrogens with zero attached hydrogens (tertiary/aromatic N) is 1. The van der Waals surface area contributed by atoms with Crippen molar-refractivity contribution in [2.24, 2.45) is 5.92 Å². The van der Waals surface area contributed by atoms with E-state index >= 15 is 0 Å². The number of nitriles is 1. The van der Waals surface area contributed by atoms with E-state index in [1.807, 2.05) is 18.2 Å². The van der Waals surface area contributed by atoms with Gasteiger partial charge in [-0.15, -0.1) is 0 Å². The van der Waals surface area contributed by atoms with Gasteiger partial charge in [-0.1, -0.05) is 12.5 Å². The molecule has 1 aliphatic rings. The maximum absolute atomic E-state index is 8.44. The number of hydrogen-bond acceptors (Lipinski definition) is 3. The first-order valence-corrected chi connectivity index (χ1v) is 6.72. The Bertz CT molecular complexity index is 407. The number of benzene rings is 1. The predicted octanol–water partition coefficient (Wildman–Crippen LogP) is 3.58. The van der Waals surface area contributed by atoms with Crippen LogP contribution in [0.3, 0.4) is 0 Å². The molecule has 0 bridgehead atoms. The maximum Gasteiger partial charge on any atom is 0.121 e. The first-order chi connectivity index (χ1) is 8.88. The van der Waals surface area contributed by atoms with Gasteiger partial charge in [0.2, 0.25) is 0 Å². The minimum Gasteiger partial charge on any atom is -0.493 e. The predicted molar refractivity (Wildman–Crippen MR) is 72.6 cm³/mol. The fourth-order valence-corrected chi connectivity index (χ4v) is 2.00. The summed E-state index contributed by atoms with van der Waals surface area (Å²) in [5.74, 6) is 1.73. The van der Waals surface area contributed by atoms with E-state index in [9.17, 15) is 0 Å². The molecule has 0 aliphatic heterocycles. The number of ether oxygens (including phenoxy) is 1. The molecule has 3 nitrogen and oxygen atoms in total. The highest BCUT2D eigenvalue weighted by atomic mass is 16.5. The molecule has 1 saturated carbocycles. The SMILES string of the molecule is N#CCCCOc1cccc(NCC2CCC2)c1. The Balaban J connectivity index is 1.75. The Kier molecular flexibility index (Phi) is 4.89. The normalized spacial score (nSPS) is 14.6. The van der Waals surface area contributed by atoms with Gasteiger partial charge < -0.3 is 10.1 Å². The minimum atomic E-state index is 0.555. The Morgan fingerprint density at radius 1 is 1.39 bits per heavy atom. The number of rotatable bonds is 7. The molecule has 1 aliphatic carbocycles. The molecule has 0 saturated heterocycles. The van der Waals surface area contributed by atoms with Crippen molar-refractivity contribution in [2.75, 3.05) is 18.5 Å². The van der Waals surface area contributed by atoms with E-state index in [1.54, 1.807) is 0 Å². The van der Waals surface area contributed by atoms with Crippen molar-refractivity contribution in [3.05, 3.63) is 24.3 Å². The molecular weight excluding hydrogens is 224 g/mol. The fourth-order valence-electron chi connectivity index (χ4n) is 2.00. The van der Waals surface area contributed by atoms with Crippen LogP contribution in [-0.4, -0.2) is 13.2 Å². The van der Waals surface area contributed by atoms with Gasteiger partial charge in [-0.3, -0.25) is 0 Å². The molecule has 0 unspecified atom stereocenters. The van der Waals surface area contributed by atoms with Crippen LogP contribution in [0.15, 0.2) is 24.3 Å². The van der Waals surface area contributed by atoms with Gasteiger partial charge in [0.25, 0.3) is 0 Å². The molecule has 0 spiro atoms. The van der Waals surface area contributed by atoms with E-state index in [0.29, 0.717) is 13.0 Å². The molecule has 1 aromatic rings. The lowest BCUT2D eigenvalue weighted by atomic mass is 9.85. The summed E-state index contributed by atoms with van der Waals surface area (Å²) in [7, 11) is 0. The zero-order valence-corrected chi connectivity index (χ0v) is 10.7. The second-order valence-corrected chi connectivity index (χ2v) is 4.82. The number of hydrogen-bond donors (Lipinski definition) is 1. The van der Waals surface area contributed by atoms with Crippen LogP contribution in [0.2, 0.25) is 0 Å². The third-order valence-electron chi connectivity index (χ3n) is 3.36. The highest BCUT2D eigenvalue weighted by molar-refractivity contribution is 5.48. The highest BCUT2D eigenvalue weighted by Gasteiger charge is 2.16. The fraction of sp³-hybridized carbons (Fsp3) is 0.533. The number of nitrogens with one attached hydrogen (secondary N) is 1. The molecule has 0 amide bonds. The lowest BCUT2D eigenvalue weighted by Gasteiger charge is -2.25.